The van der Waals surface area contributed by atoms with E-state index in [1.165, 1.54) is 0 Å². The predicted octanol–water partition coefficient (Wildman–Crippen LogP) is 3.43. The third-order valence-corrected chi connectivity index (χ3v) is 6.70. The quantitative estimate of drug-likeness (QED) is 0.253. The van der Waals surface area contributed by atoms with Gasteiger partial charge in [0.1, 0.15) is 0 Å². The summed E-state index contributed by atoms with van der Waals surface area (Å²) in [5, 5.41) is 6.48. The summed E-state index contributed by atoms with van der Waals surface area (Å²) in [7, 11) is 0. The van der Waals surface area contributed by atoms with Crippen LogP contribution in [0.4, 0.5) is 5.69 Å². The first-order chi connectivity index (χ1) is 17.0. The van der Waals surface area contributed by atoms with Gasteiger partial charge in [-0.1, -0.05) is 30.3 Å². The Bertz CT molecular complexity index is 1520. The number of aromatic nitrogens is 1. The van der Waals surface area contributed by atoms with Crippen molar-refractivity contribution in [2.75, 3.05) is 31.9 Å². The summed E-state index contributed by atoms with van der Waals surface area (Å²) >= 11 is 0. The molecule has 0 saturated carbocycles. The third-order valence-electron chi connectivity index (χ3n) is 6.70. The number of anilines is 1. The molecule has 0 atom stereocenters. The van der Waals surface area contributed by atoms with Crippen LogP contribution in [0.2, 0.25) is 0 Å². The van der Waals surface area contributed by atoms with Gasteiger partial charge in [-0.3, -0.25) is 19.7 Å². The normalized spacial score (nSPS) is 14.9. The maximum Gasteiger partial charge on any atom is 0.261 e. The van der Waals surface area contributed by atoms with Gasteiger partial charge in [-0.25, -0.2) is 0 Å². The van der Waals surface area contributed by atoms with E-state index >= 15 is 0 Å². The predicted molar refractivity (Wildman–Crippen MR) is 141 cm³/mol. The highest BCUT2D eigenvalue weighted by atomic mass is 35.5. The average Bonchev–Trinajstić information content (AvgIpc) is 3.45. The molecule has 2 aliphatic heterocycles. The van der Waals surface area contributed by atoms with Crippen LogP contribution in [0.5, 0.6) is 0 Å². The van der Waals surface area contributed by atoms with Crippen molar-refractivity contribution in [3.63, 3.8) is 0 Å². The smallest absolute Gasteiger partial charge is 0.261 e. The van der Waals surface area contributed by atoms with Crippen LogP contribution in [0.1, 0.15) is 31.1 Å². The van der Waals surface area contributed by atoms with E-state index in [0.29, 0.717) is 35.5 Å². The second-order valence-electron chi connectivity index (χ2n) is 8.81. The van der Waals surface area contributed by atoms with Crippen molar-refractivity contribution in [2.45, 2.75) is 0 Å². The number of nitrogen functional groups attached to an aromatic ring is 1. The Morgan fingerprint density at radius 1 is 0.861 bits per heavy atom. The van der Waals surface area contributed by atoms with Crippen LogP contribution in [-0.4, -0.2) is 53.8 Å². The molecule has 3 heterocycles. The van der Waals surface area contributed by atoms with Crippen molar-refractivity contribution in [1.82, 2.24) is 20.5 Å². The molecule has 1 fully saturated rings. The topological polar surface area (TPSA) is 120 Å². The SMILES string of the molecule is Cl.Nc1c(-c2ccccc2)cc(-c2cc3cc(C(=O)N4CCNCC4)ccc3[nH]2)c2c1C(=O)NC2=O. The molecule has 1 aromatic heterocycles. The minimum atomic E-state index is -0.499. The van der Waals surface area contributed by atoms with E-state index in [0.717, 1.165) is 29.6 Å². The number of carbonyl (C=O) groups is 3. The van der Waals surface area contributed by atoms with Crippen molar-refractivity contribution in [1.29, 1.82) is 0 Å². The van der Waals surface area contributed by atoms with Crippen LogP contribution in [-0.2, 0) is 0 Å². The number of nitrogens with two attached hydrogens (primary N) is 1. The number of fused-ring (bicyclic) bond motifs is 2. The fraction of sp³-hybridized carbons (Fsp3) is 0.148. The fourth-order valence-electron chi connectivity index (χ4n) is 4.93. The van der Waals surface area contributed by atoms with Crippen LogP contribution in [0, 0.1) is 0 Å². The van der Waals surface area contributed by atoms with Gasteiger partial charge in [-0.15, -0.1) is 12.4 Å². The molecule has 0 spiro atoms. The highest BCUT2D eigenvalue weighted by Gasteiger charge is 2.34. The molecule has 5 N–H and O–H groups in total. The molecular weight excluding hydrogens is 478 g/mol. The van der Waals surface area contributed by atoms with Gasteiger partial charge < -0.3 is 20.9 Å². The molecule has 2 aliphatic rings. The van der Waals surface area contributed by atoms with Crippen molar-refractivity contribution >= 4 is 46.7 Å². The third kappa shape index (κ3) is 3.80. The number of piperazine rings is 1. The Hall–Kier alpha value is -4.14. The highest BCUT2D eigenvalue weighted by Crippen LogP contribution is 2.40. The zero-order chi connectivity index (χ0) is 24.1. The van der Waals surface area contributed by atoms with Gasteiger partial charge in [-0.2, -0.15) is 0 Å². The Labute approximate surface area is 213 Å². The molecule has 0 radical (unpaired) electrons. The molecule has 0 unspecified atom stereocenters. The standard InChI is InChI=1S/C27H23N5O3.ClH/c28-24-18(15-4-2-1-3-5-15)14-19(22-23(24)26(34)31-25(22)33)21-13-17-12-16(6-7-20(17)30-21)27(35)32-10-8-29-9-11-32;/h1-7,12-14,29-30H,8-11,28H2,(H,31,33,34);1H. The molecule has 6 rings (SSSR count). The lowest BCUT2D eigenvalue weighted by Crippen LogP contribution is -2.46. The molecule has 3 aromatic carbocycles. The van der Waals surface area contributed by atoms with Gasteiger partial charge in [0.2, 0.25) is 0 Å². The maximum absolute atomic E-state index is 13.0. The van der Waals surface area contributed by atoms with E-state index in [9.17, 15) is 14.4 Å². The number of halogens is 1. The first-order valence-corrected chi connectivity index (χ1v) is 11.5. The second kappa shape index (κ2) is 9.14. The van der Waals surface area contributed by atoms with E-state index in [4.69, 9.17) is 5.73 Å². The number of hydrogen-bond acceptors (Lipinski definition) is 5. The van der Waals surface area contributed by atoms with E-state index in [-0.39, 0.29) is 35.1 Å². The number of carbonyl (C=O) groups excluding carboxylic acids is 3. The summed E-state index contributed by atoms with van der Waals surface area (Å²) in [5.41, 5.74) is 11.4. The molecule has 8 nitrogen and oxygen atoms in total. The lowest BCUT2D eigenvalue weighted by atomic mass is 9.91. The number of nitrogens with one attached hydrogen (secondary N) is 3. The summed E-state index contributed by atoms with van der Waals surface area (Å²) in [6.07, 6.45) is 0. The number of amides is 3. The molecule has 3 amide bonds. The summed E-state index contributed by atoms with van der Waals surface area (Å²) in [6, 6.07) is 18.8. The number of benzene rings is 3. The number of imide groups is 1. The zero-order valence-electron chi connectivity index (χ0n) is 19.3. The van der Waals surface area contributed by atoms with Gasteiger partial charge in [-0.05, 0) is 35.9 Å². The van der Waals surface area contributed by atoms with E-state index < -0.39 is 11.8 Å². The van der Waals surface area contributed by atoms with Crippen molar-refractivity contribution in [2.24, 2.45) is 0 Å². The number of rotatable bonds is 3. The fourth-order valence-corrected chi connectivity index (χ4v) is 4.93. The number of H-pyrrole nitrogens is 1. The Kier molecular flexibility index (Phi) is 5.99. The highest BCUT2D eigenvalue weighted by molar-refractivity contribution is 6.27. The van der Waals surface area contributed by atoms with Crippen LogP contribution in [0.15, 0.2) is 60.7 Å². The van der Waals surface area contributed by atoms with Gasteiger partial charge in [0, 0.05) is 59.5 Å². The van der Waals surface area contributed by atoms with Crippen molar-refractivity contribution in [3.05, 3.63) is 77.4 Å². The van der Waals surface area contributed by atoms with Crippen LogP contribution < -0.4 is 16.4 Å². The lowest BCUT2D eigenvalue weighted by Gasteiger charge is -2.27. The molecule has 0 aliphatic carbocycles. The first kappa shape index (κ1) is 23.6. The van der Waals surface area contributed by atoms with E-state index in [2.05, 4.69) is 15.6 Å². The van der Waals surface area contributed by atoms with Gasteiger partial charge >= 0.3 is 0 Å². The average molecular weight is 502 g/mol. The minimum absolute atomic E-state index is 0. The lowest BCUT2D eigenvalue weighted by molar-refractivity contribution is 0.0735. The zero-order valence-corrected chi connectivity index (χ0v) is 20.1. The Morgan fingerprint density at radius 2 is 1.58 bits per heavy atom. The molecule has 0 bridgehead atoms. The van der Waals surface area contributed by atoms with Crippen molar-refractivity contribution < 1.29 is 14.4 Å². The maximum atomic E-state index is 13.0. The van der Waals surface area contributed by atoms with Crippen molar-refractivity contribution in [3.8, 4) is 22.4 Å². The summed E-state index contributed by atoms with van der Waals surface area (Å²) in [5.74, 6) is -0.970. The molecule has 1 saturated heterocycles. The Balaban J connectivity index is 0.00000267. The van der Waals surface area contributed by atoms with Crippen LogP contribution in [0.3, 0.4) is 0 Å². The van der Waals surface area contributed by atoms with E-state index in [1.807, 2.05) is 65.6 Å². The van der Waals surface area contributed by atoms with Gasteiger partial charge in [0.15, 0.2) is 0 Å². The largest absolute Gasteiger partial charge is 0.398 e. The second-order valence-corrected chi connectivity index (χ2v) is 8.81. The number of aromatic amines is 1. The minimum Gasteiger partial charge on any atom is -0.398 e. The van der Waals surface area contributed by atoms with Crippen LogP contribution in [0.25, 0.3) is 33.3 Å². The number of nitrogens with zero attached hydrogens (tertiary/aromatic N) is 1. The summed E-state index contributed by atoms with van der Waals surface area (Å²) in [6.45, 7) is 2.93. The molecule has 9 heteroatoms. The molecule has 182 valence electrons. The monoisotopic (exact) mass is 501 g/mol. The molecule has 4 aromatic rings. The summed E-state index contributed by atoms with van der Waals surface area (Å²) in [4.78, 5) is 43.6. The molecule has 36 heavy (non-hydrogen) atoms. The summed E-state index contributed by atoms with van der Waals surface area (Å²) < 4.78 is 0. The molecular formula is C27H24ClN5O3. The Morgan fingerprint density at radius 3 is 2.33 bits per heavy atom. The van der Waals surface area contributed by atoms with Gasteiger partial charge in [0.05, 0.1) is 16.8 Å². The van der Waals surface area contributed by atoms with E-state index in [1.54, 1.807) is 0 Å². The first-order valence-electron chi connectivity index (χ1n) is 11.5. The van der Waals surface area contributed by atoms with Crippen LogP contribution >= 0.6 is 12.4 Å². The number of hydrogen-bond donors (Lipinski definition) is 4. The van der Waals surface area contributed by atoms with Gasteiger partial charge in [0.25, 0.3) is 17.7 Å².